The molecular weight excluding hydrogens is 331 g/mol. The number of aromatic hydroxyl groups is 1. The minimum absolute atomic E-state index is 0.108. The third-order valence-electron chi connectivity index (χ3n) is 4.22. The van der Waals surface area contributed by atoms with Crippen LogP contribution in [-0.4, -0.2) is 19.7 Å². The molecule has 2 heterocycles. The Balaban J connectivity index is 1.68. The molecule has 1 unspecified atom stereocenters. The molecule has 4 rings (SSSR count). The second-order valence-corrected chi connectivity index (χ2v) is 6.10. The van der Waals surface area contributed by atoms with E-state index >= 15 is 0 Å². The van der Waals surface area contributed by atoms with Crippen molar-refractivity contribution in [2.45, 2.75) is 13.0 Å². The molecule has 6 heteroatoms. The van der Waals surface area contributed by atoms with Crippen LogP contribution in [0.5, 0.6) is 5.75 Å². The molecule has 0 aliphatic carbocycles. The fourth-order valence-corrected chi connectivity index (χ4v) is 2.89. The van der Waals surface area contributed by atoms with Crippen LogP contribution in [0.2, 0.25) is 0 Å². The van der Waals surface area contributed by atoms with Crippen molar-refractivity contribution in [2.75, 3.05) is 5.32 Å². The summed E-state index contributed by atoms with van der Waals surface area (Å²) in [6.45, 7) is 1.95. The van der Waals surface area contributed by atoms with Crippen molar-refractivity contribution in [3.63, 3.8) is 0 Å². The Morgan fingerprint density at radius 1 is 1.08 bits per heavy atom. The summed E-state index contributed by atoms with van der Waals surface area (Å²) >= 11 is 0. The Hall–Kier alpha value is -3.41. The van der Waals surface area contributed by atoms with E-state index in [-0.39, 0.29) is 17.6 Å². The van der Waals surface area contributed by atoms with E-state index in [1.807, 2.05) is 31.2 Å². The smallest absolute Gasteiger partial charge is 0.154 e. The van der Waals surface area contributed by atoms with Crippen molar-refractivity contribution in [3.05, 3.63) is 78.2 Å². The molecule has 0 spiro atoms. The molecule has 0 aliphatic rings. The number of nitrogens with one attached hydrogen (secondary N) is 1. The highest BCUT2D eigenvalue weighted by atomic mass is 19.1. The molecule has 26 heavy (non-hydrogen) atoms. The van der Waals surface area contributed by atoms with Crippen LogP contribution in [0.1, 0.15) is 18.5 Å². The Morgan fingerprint density at radius 3 is 2.73 bits per heavy atom. The Morgan fingerprint density at radius 2 is 1.92 bits per heavy atom. The Kier molecular flexibility index (Phi) is 4.01. The van der Waals surface area contributed by atoms with Gasteiger partial charge in [0.1, 0.15) is 17.4 Å². The van der Waals surface area contributed by atoms with E-state index < -0.39 is 0 Å². The van der Waals surface area contributed by atoms with E-state index in [0.717, 1.165) is 16.8 Å². The van der Waals surface area contributed by atoms with Gasteiger partial charge in [0.05, 0.1) is 17.9 Å². The van der Waals surface area contributed by atoms with Gasteiger partial charge in [0, 0.05) is 5.56 Å². The van der Waals surface area contributed by atoms with Crippen LogP contribution in [0.25, 0.3) is 16.9 Å². The van der Waals surface area contributed by atoms with Crippen molar-refractivity contribution in [2.24, 2.45) is 0 Å². The molecule has 0 radical (unpaired) electrons. The lowest BCUT2D eigenvalue weighted by Gasteiger charge is -2.15. The molecule has 2 aromatic heterocycles. The van der Waals surface area contributed by atoms with Gasteiger partial charge >= 0.3 is 0 Å². The molecule has 0 amide bonds. The normalized spacial score (nSPS) is 12.2. The first-order chi connectivity index (χ1) is 12.6. The molecule has 0 fully saturated rings. The number of fused-ring (bicyclic) bond motifs is 1. The molecule has 1 atom stereocenters. The van der Waals surface area contributed by atoms with E-state index in [1.165, 1.54) is 12.1 Å². The molecule has 130 valence electrons. The molecule has 0 bridgehead atoms. The summed E-state index contributed by atoms with van der Waals surface area (Å²) in [7, 11) is 0. The van der Waals surface area contributed by atoms with E-state index in [2.05, 4.69) is 15.4 Å². The Bertz CT molecular complexity index is 1080. The van der Waals surface area contributed by atoms with Crippen LogP contribution >= 0.6 is 0 Å². The minimum Gasteiger partial charge on any atom is -0.508 e. The number of anilines is 1. The third-order valence-corrected chi connectivity index (χ3v) is 4.22. The topological polar surface area (TPSA) is 62.5 Å². The summed E-state index contributed by atoms with van der Waals surface area (Å²) in [5.41, 5.74) is 3.14. The number of nitrogens with zero attached hydrogens (tertiary/aromatic N) is 3. The van der Waals surface area contributed by atoms with Crippen molar-refractivity contribution in [3.8, 4) is 17.0 Å². The highest BCUT2D eigenvalue weighted by molar-refractivity contribution is 5.65. The zero-order valence-corrected chi connectivity index (χ0v) is 14.1. The SMILES string of the molecule is CC(Nc1ccc2ncc(-c3cccc(O)c3)n2n1)c1cccc(F)c1. The average molecular weight is 348 g/mol. The van der Waals surface area contributed by atoms with Crippen molar-refractivity contribution >= 4 is 11.5 Å². The second-order valence-electron chi connectivity index (χ2n) is 6.10. The highest BCUT2D eigenvalue weighted by Gasteiger charge is 2.11. The lowest BCUT2D eigenvalue weighted by Crippen LogP contribution is -2.09. The highest BCUT2D eigenvalue weighted by Crippen LogP contribution is 2.25. The van der Waals surface area contributed by atoms with Gasteiger partial charge in [-0.3, -0.25) is 0 Å². The number of hydrogen-bond donors (Lipinski definition) is 2. The molecular formula is C20H17FN4O. The molecule has 0 saturated heterocycles. The number of halogens is 1. The van der Waals surface area contributed by atoms with E-state index in [1.54, 1.807) is 35.0 Å². The first-order valence-corrected chi connectivity index (χ1v) is 8.26. The van der Waals surface area contributed by atoms with Gasteiger partial charge in [0.2, 0.25) is 0 Å². The summed E-state index contributed by atoms with van der Waals surface area (Å²) in [6.07, 6.45) is 1.72. The first-order valence-electron chi connectivity index (χ1n) is 8.26. The van der Waals surface area contributed by atoms with Crippen molar-refractivity contribution in [1.82, 2.24) is 14.6 Å². The number of imidazole rings is 1. The summed E-state index contributed by atoms with van der Waals surface area (Å²) in [6, 6.07) is 17.0. The van der Waals surface area contributed by atoms with Crippen LogP contribution < -0.4 is 5.32 Å². The van der Waals surface area contributed by atoms with Crippen LogP contribution in [0.3, 0.4) is 0 Å². The summed E-state index contributed by atoms with van der Waals surface area (Å²) in [4.78, 5) is 4.36. The van der Waals surface area contributed by atoms with Gasteiger partial charge in [-0.15, -0.1) is 5.10 Å². The standard InChI is InChI=1S/C20H17FN4O/c1-13(14-4-2-6-16(21)10-14)23-19-8-9-20-22-12-18(25(20)24-19)15-5-3-7-17(26)11-15/h2-13,26H,1H3,(H,23,24). The van der Waals surface area contributed by atoms with Gasteiger partial charge in [-0.05, 0) is 48.9 Å². The molecule has 5 nitrogen and oxygen atoms in total. The lowest BCUT2D eigenvalue weighted by atomic mass is 10.1. The zero-order chi connectivity index (χ0) is 18.1. The maximum Gasteiger partial charge on any atom is 0.154 e. The molecule has 0 saturated carbocycles. The second kappa shape index (κ2) is 6.48. The minimum atomic E-state index is -0.264. The molecule has 2 aromatic carbocycles. The predicted molar refractivity (Wildman–Crippen MR) is 98.5 cm³/mol. The quantitative estimate of drug-likeness (QED) is 0.573. The monoisotopic (exact) mass is 348 g/mol. The summed E-state index contributed by atoms with van der Waals surface area (Å²) in [5, 5.41) is 17.6. The number of phenols is 1. The van der Waals surface area contributed by atoms with Gasteiger partial charge in [0.25, 0.3) is 0 Å². The Labute approximate surface area is 149 Å². The third kappa shape index (κ3) is 3.09. The lowest BCUT2D eigenvalue weighted by molar-refractivity contribution is 0.475. The van der Waals surface area contributed by atoms with Gasteiger partial charge in [-0.2, -0.15) is 0 Å². The fourth-order valence-electron chi connectivity index (χ4n) is 2.89. The molecule has 0 aliphatic heterocycles. The van der Waals surface area contributed by atoms with E-state index in [0.29, 0.717) is 11.5 Å². The fraction of sp³-hybridized carbons (Fsp3) is 0.100. The molecule has 2 N–H and O–H groups in total. The zero-order valence-electron chi connectivity index (χ0n) is 14.1. The number of rotatable bonds is 4. The predicted octanol–water partition coefficient (Wildman–Crippen LogP) is 4.41. The van der Waals surface area contributed by atoms with Crippen LogP contribution in [0, 0.1) is 5.82 Å². The van der Waals surface area contributed by atoms with Crippen molar-refractivity contribution < 1.29 is 9.50 Å². The van der Waals surface area contributed by atoms with Gasteiger partial charge in [0.15, 0.2) is 5.65 Å². The number of aromatic nitrogens is 3. The van der Waals surface area contributed by atoms with E-state index in [9.17, 15) is 9.50 Å². The van der Waals surface area contributed by atoms with Gasteiger partial charge in [-0.25, -0.2) is 13.9 Å². The van der Waals surface area contributed by atoms with Gasteiger partial charge < -0.3 is 10.4 Å². The summed E-state index contributed by atoms with van der Waals surface area (Å²) < 4.78 is 15.1. The van der Waals surface area contributed by atoms with Crippen molar-refractivity contribution in [1.29, 1.82) is 0 Å². The van der Waals surface area contributed by atoms with Gasteiger partial charge in [-0.1, -0.05) is 24.3 Å². The number of benzene rings is 2. The summed E-state index contributed by atoms with van der Waals surface area (Å²) in [5.74, 6) is 0.570. The largest absolute Gasteiger partial charge is 0.508 e. The van der Waals surface area contributed by atoms with Crippen LogP contribution in [-0.2, 0) is 0 Å². The number of phenolic OH excluding ortho intramolecular Hbond substituents is 1. The van der Waals surface area contributed by atoms with Crippen LogP contribution in [0.15, 0.2) is 66.9 Å². The first kappa shape index (κ1) is 16.1. The maximum atomic E-state index is 13.4. The maximum absolute atomic E-state index is 13.4. The molecule has 4 aromatic rings. The number of hydrogen-bond acceptors (Lipinski definition) is 4. The average Bonchev–Trinajstić information content (AvgIpc) is 3.05. The van der Waals surface area contributed by atoms with Crippen LogP contribution in [0.4, 0.5) is 10.2 Å². The van der Waals surface area contributed by atoms with E-state index in [4.69, 9.17) is 0 Å².